The highest BCUT2D eigenvalue weighted by molar-refractivity contribution is 4.93. The fourth-order valence-corrected chi connectivity index (χ4v) is 2.03. The van der Waals surface area contributed by atoms with Crippen molar-refractivity contribution in [3.63, 3.8) is 0 Å². The van der Waals surface area contributed by atoms with Crippen LogP contribution in [-0.4, -0.2) is 25.3 Å². The SMILES string of the molecule is CC(C)=CCCC(C)NCC1CCCCO1. The normalized spacial score (nSPS) is 22.8. The molecule has 0 bridgehead atoms. The fraction of sp³-hybridized carbons (Fsp3) is 0.857. The van der Waals surface area contributed by atoms with Gasteiger partial charge in [0.05, 0.1) is 6.10 Å². The summed E-state index contributed by atoms with van der Waals surface area (Å²) in [5.74, 6) is 0. The molecular weight excluding hydrogens is 198 g/mol. The van der Waals surface area contributed by atoms with Gasteiger partial charge in [0.15, 0.2) is 0 Å². The molecule has 0 spiro atoms. The molecule has 1 heterocycles. The first-order valence-corrected chi connectivity index (χ1v) is 6.67. The molecule has 1 aliphatic heterocycles. The second-order valence-electron chi connectivity index (χ2n) is 5.16. The Morgan fingerprint density at radius 2 is 2.25 bits per heavy atom. The van der Waals surface area contributed by atoms with Crippen LogP contribution in [0.15, 0.2) is 11.6 Å². The van der Waals surface area contributed by atoms with E-state index in [9.17, 15) is 0 Å². The van der Waals surface area contributed by atoms with E-state index < -0.39 is 0 Å². The number of hydrogen-bond acceptors (Lipinski definition) is 2. The van der Waals surface area contributed by atoms with Gasteiger partial charge in [-0.2, -0.15) is 0 Å². The molecule has 1 rings (SSSR count). The zero-order chi connectivity index (χ0) is 11.8. The van der Waals surface area contributed by atoms with Crippen LogP contribution in [0, 0.1) is 0 Å². The van der Waals surface area contributed by atoms with Crippen LogP contribution in [0.25, 0.3) is 0 Å². The largest absolute Gasteiger partial charge is 0.377 e. The summed E-state index contributed by atoms with van der Waals surface area (Å²) in [6.45, 7) is 8.57. The predicted molar refractivity (Wildman–Crippen MR) is 69.7 cm³/mol. The van der Waals surface area contributed by atoms with Crippen molar-refractivity contribution in [2.45, 2.75) is 65.0 Å². The average Bonchev–Trinajstić information content (AvgIpc) is 2.27. The Bertz CT molecular complexity index is 203. The maximum Gasteiger partial charge on any atom is 0.0699 e. The highest BCUT2D eigenvalue weighted by Crippen LogP contribution is 2.12. The second-order valence-corrected chi connectivity index (χ2v) is 5.16. The van der Waals surface area contributed by atoms with Gasteiger partial charge in [-0.05, 0) is 52.9 Å². The summed E-state index contributed by atoms with van der Waals surface area (Å²) in [5, 5.41) is 3.57. The summed E-state index contributed by atoms with van der Waals surface area (Å²) in [4.78, 5) is 0. The Morgan fingerprint density at radius 1 is 1.44 bits per heavy atom. The smallest absolute Gasteiger partial charge is 0.0699 e. The van der Waals surface area contributed by atoms with Crippen LogP contribution in [0.1, 0.15) is 52.9 Å². The van der Waals surface area contributed by atoms with Crippen LogP contribution in [0.5, 0.6) is 0 Å². The van der Waals surface area contributed by atoms with Gasteiger partial charge in [0.2, 0.25) is 0 Å². The molecule has 16 heavy (non-hydrogen) atoms. The number of ether oxygens (including phenoxy) is 1. The minimum atomic E-state index is 0.458. The summed E-state index contributed by atoms with van der Waals surface area (Å²) < 4.78 is 5.70. The molecule has 0 aromatic rings. The number of rotatable bonds is 6. The van der Waals surface area contributed by atoms with Gasteiger partial charge in [0, 0.05) is 19.2 Å². The van der Waals surface area contributed by atoms with Crippen molar-refractivity contribution in [1.82, 2.24) is 5.32 Å². The quantitative estimate of drug-likeness (QED) is 0.700. The molecule has 0 radical (unpaired) electrons. The predicted octanol–water partition coefficient (Wildman–Crippen LogP) is 3.28. The highest BCUT2D eigenvalue weighted by Gasteiger charge is 2.13. The number of hydrogen-bond donors (Lipinski definition) is 1. The molecule has 0 aromatic heterocycles. The Kier molecular flexibility index (Phi) is 6.74. The molecule has 2 unspecified atom stereocenters. The average molecular weight is 225 g/mol. The molecule has 0 aliphatic carbocycles. The van der Waals surface area contributed by atoms with Gasteiger partial charge in [-0.1, -0.05) is 11.6 Å². The van der Waals surface area contributed by atoms with Gasteiger partial charge in [0.25, 0.3) is 0 Å². The fourth-order valence-electron chi connectivity index (χ4n) is 2.03. The van der Waals surface area contributed by atoms with Crippen molar-refractivity contribution in [3.8, 4) is 0 Å². The van der Waals surface area contributed by atoms with Crippen LogP contribution in [-0.2, 0) is 4.74 Å². The van der Waals surface area contributed by atoms with Crippen molar-refractivity contribution in [2.24, 2.45) is 0 Å². The van der Waals surface area contributed by atoms with Crippen LogP contribution in [0.2, 0.25) is 0 Å². The number of allylic oxidation sites excluding steroid dienone is 2. The van der Waals surface area contributed by atoms with Gasteiger partial charge < -0.3 is 10.1 Å². The lowest BCUT2D eigenvalue weighted by molar-refractivity contribution is 0.0155. The molecule has 1 aliphatic rings. The van der Waals surface area contributed by atoms with Crippen molar-refractivity contribution in [1.29, 1.82) is 0 Å². The Balaban J connectivity index is 2.04. The van der Waals surface area contributed by atoms with E-state index in [4.69, 9.17) is 4.74 Å². The standard InChI is InChI=1S/C14H27NO/c1-12(2)7-6-8-13(3)15-11-14-9-4-5-10-16-14/h7,13-15H,4-6,8-11H2,1-3H3. The van der Waals surface area contributed by atoms with E-state index >= 15 is 0 Å². The van der Waals surface area contributed by atoms with Gasteiger partial charge in [-0.15, -0.1) is 0 Å². The van der Waals surface area contributed by atoms with Gasteiger partial charge in [0.1, 0.15) is 0 Å². The third kappa shape index (κ3) is 6.29. The van der Waals surface area contributed by atoms with Crippen LogP contribution >= 0.6 is 0 Å². The molecule has 0 saturated carbocycles. The zero-order valence-electron chi connectivity index (χ0n) is 11.1. The van der Waals surface area contributed by atoms with E-state index in [0.717, 1.165) is 13.2 Å². The van der Waals surface area contributed by atoms with E-state index in [1.165, 1.54) is 37.7 Å². The summed E-state index contributed by atoms with van der Waals surface area (Å²) in [6.07, 6.45) is 8.98. The summed E-state index contributed by atoms with van der Waals surface area (Å²) in [5.41, 5.74) is 1.42. The molecule has 0 aromatic carbocycles. The van der Waals surface area contributed by atoms with Crippen LogP contribution in [0.4, 0.5) is 0 Å². The van der Waals surface area contributed by atoms with Crippen LogP contribution < -0.4 is 5.32 Å². The first-order valence-electron chi connectivity index (χ1n) is 6.67. The maximum atomic E-state index is 5.70. The minimum Gasteiger partial charge on any atom is -0.377 e. The highest BCUT2D eigenvalue weighted by atomic mass is 16.5. The Morgan fingerprint density at radius 3 is 2.88 bits per heavy atom. The van der Waals surface area contributed by atoms with Crippen molar-refractivity contribution in [3.05, 3.63) is 11.6 Å². The van der Waals surface area contributed by atoms with Crippen LogP contribution in [0.3, 0.4) is 0 Å². The van der Waals surface area contributed by atoms with Gasteiger partial charge in [-0.3, -0.25) is 0 Å². The van der Waals surface area contributed by atoms with Gasteiger partial charge in [-0.25, -0.2) is 0 Å². The van der Waals surface area contributed by atoms with Crippen molar-refractivity contribution >= 4 is 0 Å². The Hall–Kier alpha value is -0.340. The van der Waals surface area contributed by atoms with Gasteiger partial charge >= 0.3 is 0 Å². The third-order valence-corrected chi connectivity index (χ3v) is 3.12. The summed E-state index contributed by atoms with van der Waals surface area (Å²) >= 11 is 0. The lowest BCUT2D eigenvalue weighted by Gasteiger charge is -2.24. The molecule has 0 amide bonds. The minimum absolute atomic E-state index is 0.458. The first kappa shape index (κ1) is 13.7. The molecule has 1 fully saturated rings. The second kappa shape index (κ2) is 7.86. The monoisotopic (exact) mass is 225 g/mol. The molecule has 1 N–H and O–H groups in total. The first-order chi connectivity index (χ1) is 7.68. The van der Waals surface area contributed by atoms with E-state index in [1.54, 1.807) is 0 Å². The molecule has 2 heteroatoms. The Labute approximate surface area is 100 Å². The maximum absolute atomic E-state index is 5.70. The molecular formula is C14H27NO. The van der Waals surface area contributed by atoms with E-state index in [-0.39, 0.29) is 0 Å². The molecule has 2 nitrogen and oxygen atoms in total. The van der Waals surface area contributed by atoms with Crippen molar-refractivity contribution < 1.29 is 4.74 Å². The molecule has 2 atom stereocenters. The third-order valence-electron chi connectivity index (χ3n) is 3.12. The van der Waals surface area contributed by atoms with E-state index in [1.807, 2.05) is 0 Å². The lowest BCUT2D eigenvalue weighted by Crippen LogP contribution is -2.36. The summed E-state index contributed by atoms with van der Waals surface area (Å²) in [7, 11) is 0. The molecule has 94 valence electrons. The number of nitrogens with one attached hydrogen (secondary N) is 1. The zero-order valence-corrected chi connectivity index (χ0v) is 11.1. The molecule has 1 saturated heterocycles. The summed E-state index contributed by atoms with van der Waals surface area (Å²) in [6, 6.07) is 0.598. The van der Waals surface area contributed by atoms with E-state index in [0.29, 0.717) is 12.1 Å². The topological polar surface area (TPSA) is 21.3 Å². The lowest BCUT2D eigenvalue weighted by atomic mass is 10.1. The van der Waals surface area contributed by atoms with E-state index in [2.05, 4.69) is 32.2 Å². The van der Waals surface area contributed by atoms with Crippen molar-refractivity contribution in [2.75, 3.05) is 13.2 Å².